The fourth-order valence-corrected chi connectivity index (χ4v) is 2.57. The van der Waals surface area contributed by atoms with Gasteiger partial charge in [0.1, 0.15) is 5.82 Å². The van der Waals surface area contributed by atoms with Gasteiger partial charge in [-0.3, -0.25) is 0 Å². The molecule has 2 aromatic heterocycles. The average molecular weight is 246 g/mol. The van der Waals surface area contributed by atoms with Crippen molar-refractivity contribution in [2.24, 2.45) is 5.92 Å². The molecule has 18 heavy (non-hydrogen) atoms. The van der Waals surface area contributed by atoms with Crippen LogP contribution in [-0.2, 0) is 0 Å². The average Bonchev–Trinajstić information content (AvgIpc) is 2.74. The van der Waals surface area contributed by atoms with E-state index in [0.29, 0.717) is 11.7 Å². The van der Waals surface area contributed by atoms with Crippen molar-refractivity contribution in [1.29, 1.82) is 0 Å². The Morgan fingerprint density at radius 3 is 3.11 bits per heavy atom. The Hall–Kier alpha value is -1.72. The van der Waals surface area contributed by atoms with E-state index in [1.807, 2.05) is 12.1 Å². The molecule has 2 unspecified atom stereocenters. The molecule has 6 nitrogen and oxygen atoms in total. The van der Waals surface area contributed by atoms with Gasteiger partial charge in [0.2, 0.25) is 0 Å². The minimum atomic E-state index is 0.524. The zero-order valence-corrected chi connectivity index (χ0v) is 10.6. The highest BCUT2D eigenvalue weighted by atomic mass is 15.6. The molecule has 1 saturated carbocycles. The molecule has 96 valence electrons. The van der Waals surface area contributed by atoms with Crippen LogP contribution in [0.25, 0.3) is 5.65 Å². The molecule has 0 saturated heterocycles. The summed E-state index contributed by atoms with van der Waals surface area (Å²) >= 11 is 0. The number of hydrogen-bond acceptors (Lipinski definition) is 5. The zero-order valence-electron chi connectivity index (χ0n) is 10.6. The third-order valence-electron chi connectivity index (χ3n) is 3.68. The smallest absolute Gasteiger partial charge is 0.200 e. The van der Waals surface area contributed by atoms with Gasteiger partial charge in [-0.25, -0.2) is 0 Å². The standard InChI is InChI=1S/C12H18N6/c1-9-3-2-4-10(6-5-9)13-11-7-8-12-14-16-17-18(12)15-11/h7-10H,2-6H2,1H3,(H,13,15). The maximum atomic E-state index is 4.35. The molecular formula is C12H18N6. The highest BCUT2D eigenvalue weighted by Gasteiger charge is 2.16. The highest BCUT2D eigenvalue weighted by Crippen LogP contribution is 2.24. The van der Waals surface area contributed by atoms with E-state index in [-0.39, 0.29) is 0 Å². The summed E-state index contributed by atoms with van der Waals surface area (Å²) in [5.74, 6) is 1.71. The van der Waals surface area contributed by atoms with Gasteiger partial charge < -0.3 is 5.32 Å². The molecule has 1 aliphatic rings. The van der Waals surface area contributed by atoms with Gasteiger partial charge in [0, 0.05) is 6.04 Å². The second-order valence-corrected chi connectivity index (χ2v) is 5.20. The van der Waals surface area contributed by atoms with Crippen LogP contribution in [0.3, 0.4) is 0 Å². The Labute approximate surface area is 106 Å². The molecule has 2 aromatic rings. The molecule has 1 fully saturated rings. The summed E-state index contributed by atoms with van der Waals surface area (Å²) in [7, 11) is 0. The summed E-state index contributed by atoms with van der Waals surface area (Å²) in [6.07, 6.45) is 6.38. The lowest BCUT2D eigenvalue weighted by atomic mass is 10.0. The van der Waals surface area contributed by atoms with Crippen LogP contribution in [0.4, 0.5) is 5.82 Å². The van der Waals surface area contributed by atoms with E-state index in [2.05, 4.69) is 32.9 Å². The molecule has 6 heteroatoms. The predicted octanol–water partition coefficient (Wildman–Crippen LogP) is 1.90. The number of tetrazole rings is 1. The first kappa shape index (κ1) is 11.4. The predicted molar refractivity (Wildman–Crippen MR) is 68.2 cm³/mol. The van der Waals surface area contributed by atoms with Crippen LogP contribution in [0.1, 0.15) is 39.0 Å². The summed E-state index contributed by atoms with van der Waals surface area (Å²) in [5.41, 5.74) is 0.676. The lowest BCUT2D eigenvalue weighted by Gasteiger charge is -2.16. The van der Waals surface area contributed by atoms with Crippen LogP contribution >= 0.6 is 0 Å². The number of hydrogen-bond donors (Lipinski definition) is 1. The number of nitrogens with zero attached hydrogens (tertiary/aromatic N) is 5. The minimum absolute atomic E-state index is 0.524. The van der Waals surface area contributed by atoms with Crippen LogP contribution in [0, 0.1) is 5.92 Å². The van der Waals surface area contributed by atoms with E-state index in [4.69, 9.17) is 0 Å². The summed E-state index contributed by atoms with van der Waals surface area (Å²) in [6, 6.07) is 4.35. The van der Waals surface area contributed by atoms with E-state index >= 15 is 0 Å². The van der Waals surface area contributed by atoms with E-state index in [1.54, 1.807) is 0 Å². The van der Waals surface area contributed by atoms with Gasteiger partial charge in [-0.05, 0) is 47.7 Å². The van der Waals surface area contributed by atoms with Crippen molar-refractivity contribution < 1.29 is 0 Å². The molecule has 0 spiro atoms. The lowest BCUT2D eigenvalue weighted by Crippen LogP contribution is -2.19. The Kier molecular flexibility index (Phi) is 3.08. The van der Waals surface area contributed by atoms with E-state index < -0.39 is 0 Å². The normalized spacial score (nSPS) is 24.9. The molecule has 0 radical (unpaired) electrons. The van der Waals surface area contributed by atoms with Gasteiger partial charge in [-0.15, -0.1) is 14.8 Å². The van der Waals surface area contributed by atoms with Crippen molar-refractivity contribution in [3.05, 3.63) is 12.1 Å². The monoisotopic (exact) mass is 246 g/mol. The highest BCUT2D eigenvalue weighted by molar-refractivity contribution is 5.42. The van der Waals surface area contributed by atoms with Crippen LogP contribution in [0.15, 0.2) is 12.1 Å². The minimum Gasteiger partial charge on any atom is -0.366 e. The molecule has 0 amide bonds. The molecule has 0 aromatic carbocycles. The van der Waals surface area contributed by atoms with Crippen LogP contribution in [0.5, 0.6) is 0 Å². The molecule has 2 atom stereocenters. The Morgan fingerprint density at radius 2 is 2.17 bits per heavy atom. The fraction of sp³-hybridized carbons (Fsp3) is 0.667. The Balaban J connectivity index is 1.71. The van der Waals surface area contributed by atoms with Crippen molar-refractivity contribution in [2.45, 2.75) is 45.1 Å². The molecule has 1 aliphatic carbocycles. The number of rotatable bonds is 2. The van der Waals surface area contributed by atoms with Crippen molar-refractivity contribution in [3.63, 3.8) is 0 Å². The van der Waals surface area contributed by atoms with E-state index in [9.17, 15) is 0 Å². The van der Waals surface area contributed by atoms with Crippen molar-refractivity contribution >= 4 is 11.5 Å². The van der Waals surface area contributed by atoms with Crippen molar-refractivity contribution in [3.8, 4) is 0 Å². The van der Waals surface area contributed by atoms with Gasteiger partial charge in [0.15, 0.2) is 5.65 Å². The zero-order chi connectivity index (χ0) is 12.4. The van der Waals surface area contributed by atoms with Crippen LogP contribution in [0.2, 0.25) is 0 Å². The first-order valence-electron chi connectivity index (χ1n) is 6.63. The molecule has 1 N–H and O–H groups in total. The molecular weight excluding hydrogens is 228 g/mol. The van der Waals surface area contributed by atoms with Crippen molar-refractivity contribution in [1.82, 2.24) is 25.3 Å². The number of nitrogens with one attached hydrogen (secondary N) is 1. The summed E-state index contributed by atoms with van der Waals surface area (Å²) in [5, 5.41) is 19.1. The van der Waals surface area contributed by atoms with Gasteiger partial charge >= 0.3 is 0 Å². The third-order valence-corrected chi connectivity index (χ3v) is 3.68. The van der Waals surface area contributed by atoms with Crippen LogP contribution in [-0.4, -0.2) is 31.3 Å². The fourth-order valence-electron chi connectivity index (χ4n) is 2.57. The summed E-state index contributed by atoms with van der Waals surface area (Å²) in [4.78, 5) is 0. The Bertz CT molecular complexity index is 522. The largest absolute Gasteiger partial charge is 0.366 e. The SMILES string of the molecule is CC1CCCC(Nc2ccc3nnnn3n2)CC1. The van der Waals surface area contributed by atoms with E-state index in [1.165, 1.54) is 36.7 Å². The maximum absolute atomic E-state index is 4.35. The third kappa shape index (κ3) is 2.42. The van der Waals surface area contributed by atoms with Crippen molar-refractivity contribution in [2.75, 3.05) is 5.32 Å². The summed E-state index contributed by atoms with van der Waals surface area (Å²) < 4.78 is 1.46. The second kappa shape index (κ2) is 4.88. The second-order valence-electron chi connectivity index (χ2n) is 5.20. The van der Waals surface area contributed by atoms with Gasteiger partial charge in [-0.1, -0.05) is 19.8 Å². The van der Waals surface area contributed by atoms with Crippen LogP contribution < -0.4 is 5.32 Å². The summed E-state index contributed by atoms with van der Waals surface area (Å²) in [6.45, 7) is 2.34. The number of fused-ring (bicyclic) bond motifs is 1. The molecule has 0 bridgehead atoms. The van der Waals surface area contributed by atoms with Gasteiger partial charge in [-0.2, -0.15) is 0 Å². The Morgan fingerprint density at radius 1 is 1.22 bits per heavy atom. The molecule has 0 aliphatic heterocycles. The van der Waals surface area contributed by atoms with E-state index in [0.717, 1.165) is 11.7 Å². The topological polar surface area (TPSA) is 68.0 Å². The van der Waals surface area contributed by atoms with Gasteiger partial charge in [0.05, 0.1) is 0 Å². The molecule has 3 rings (SSSR count). The maximum Gasteiger partial charge on any atom is 0.200 e. The lowest BCUT2D eigenvalue weighted by molar-refractivity contribution is 0.501. The number of anilines is 1. The van der Waals surface area contributed by atoms with Gasteiger partial charge in [0.25, 0.3) is 0 Å². The first-order chi connectivity index (χ1) is 8.81. The molecule has 2 heterocycles. The quantitative estimate of drug-likeness (QED) is 0.820. The first-order valence-corrected chi connectivity index (χ1v) is 6.63. The number of aromatic nitrogens is 5.